The molecule has 0 aromatic rings. The lowest BCUT2D eigenvalue weighted by atomic mass is 10.2. The predicted octanol–water partition coefficient (Wildman–Crippen LogP) is 1.18. The summed E-state index contributed by atoms with van der Waals surface area (Å²) < 4.78 is 0. The summed E-state index contributed by atoms with van der Waals surface area (Å²) in [6, 6.07) is 0. The maximum Gasteiger partial charge on any atom is 0.243 e. The van der Waals surface area contributed by atoms with Gasteiger partial charge in [0.2, 0.25) is 5.91 Å². The van der Waals surface area contributed by atoms with E-state index in [9.17, 15) is 4.79 Å². The van der Waals surface area contributed by atoms with E-state index < -0.39 is 0 Å². The van der Waals surface area contributed by atoms with E-state index in [1.807, 2.05) is 11.8 Å². The Bertz CT molecular complexity index is 152. The summed E-state index contributed by atoms with van der Waals surface area (Å²) in [5.74, 6) is 1.19. The van der Waals surface area contributed by atoms with Gasteiger partial charge in [-0.1, -0.05) is 6.58 Å². The molecule has 2 nitrogen and oxygen atoms in total. The Morgan fingerprint density at radius 3 is 3.18 bits per heavy atom. The highest BCUT2D eigenvalue weighted by Crippen LogP contribution is 2.24. The number of thioether (sulfide) groups is 1. The first-order valence-corrected chi connectivity index (χ1v) is 4.89. The Labute approximate surface area is 71.4 Å². The van der Waals surface area contributed by atoms with E-state index in [1.165, 1.54) is 24.7 Å². The van der Waals surface area contributed by atoms with Crippen molar-refractivity contribution in [3.8, 4) is 0 Å². The van der Waals surface area contributed by atoms with Crippen molar-refractivity contribution in [1.82, 2.24) is 5.32 Å². The average molecular weight is 171 g/mol. The van der Waals surface area contributed by atoms with Crippen LogP contribution in [0.15, 0.2) is 12.7 Å². The second-order valence-corrected chi connectivity index (χ2v) is 3.99. The van der Waals surface area contributed by atoms with E-state index in [1.54, 1.807) is 0 Å². The molecule has 0 aromatic heterocycles. The van der Waals surface area contributed by atoms with Crippen molar-refractivity contribution >= 4 is 17.7 Å². The van der Waals surface area contributed by atoms with E-state index in [2.05, 4.69) is 11.9 Å². The Morgan fingerprint density at radius 1 is 1.82 bits per heavy atom. The minimum absolute atomic E-state index is 0.0579. The van der Waals surface area contributed by atoms with Gasteiger partial charge in [0.05, 0.1) is 0 Å². The van der Waals surface area contributed by atoms with E-state index in [0.29, 0.717) is 5.25 Å². The first-order chi connectivity index (χ1) is 5.33. The van der Waals surface area contributed by atoms with Crippen LogP contribution in [-0.4, -0.2) is 23.5 Å². The van der Waals surface area contributed by atoms with Crippen LogP contribution in [0.2, 0.25) is 0 Å². The first-order valence-electron chi connectivity index (χ1n) is 3.85. The summed E-state index contributed by atoms with van der Waals surface area (Å²) in [6.45, 7) is 4.19. The summed E-state index contributed by atoms with van der Waals surface area (Å²) in [4.78, 5) is 10.7. The number of carbonyl (C=O) groups is 1. The van der Waals surface area contributed by atoms with Gasteiger partial charge in [-0.15, -0.1) is 0 Å². The molecule has 1 amide bonds. The lowest BCUT2D eigenvalue weighted by Gasteiger charge is -2.07. The zero-order valence-electron chi connectivity index (χ0n) is 6.51. The van der Waals surface area contributed by atoms with Gasteiger partial charge in [-0.3, -0.25) is 4.79 Å². The van der Waals surface area contributed by atoms with Crippen molar-refractivity contribution in [1.29, 1.82) is 0 Å². The van der Waals surface area contributed by atoms with E-state index in [0.717, 1.165) is 6.54 Å². The molecule has 1 rings (SSSR count). The van der Waals surface area contributed by atoms with Gasteiger partial charge in [0, 0.05) is 11.8 Å². The molecule has 0 spiro atoms. The molecule has 1 N–H and O–H groups in total. The summed E-state index contributed by atoms with van der Waals surface area (Å²) in [5, 5.41) is 3.43. The lowest BCUT2D eigenvalue weighted by Crippen LogP contribution is -2.27. The van der Waals surface area contributed by atoms with Crippen LogP contribution in [0.1, 0.15) is 12.8 Å². The second kappa shape index (κ2) is 4.44. The molecule has 1 saturated heterocycles. The molecular weight excluding hydrogens is 158 g/mol. The van der Waals surface area contributed by atoms with E-state index in [4.69, 9.17) is 0 Å². The molecule has 62 valence electrons. The minimum Gasteiger partial charge on any atom is -0.351 e. The molecule has 1 aliphatic rings. The fourth-order valence-corrected chi connectivity index (χ4v) is 2.29. The topological polar surface area (TPSA) is 29.1 Å². The third kappa shape index (κ3) is 2.97. The van der Waals surface area contributed by atoms with Crippen LogP contribution >= 0.6 is 11.8 Å². The molecule has 1 heterocycles. The van der Waals surface area contributed by atoms with Crippen LogP contribution in [0.4, 0.5) is 0 Å². The quantitative estimate of drug-likeness (QED) is 0.646. The molecule has 0 aromatic carbocycles. The maximum absolute atomic E-state index is 10.7. The number of rotatable bonds is 3. The standard InChI is InChI=1S/C8H13NOS/c1-2-8(10)9-6-7-4-3-5-11-7/h2,7H,1,3-6H2,(H,9,10). The van der Waals surface area contributed by atoms with E-state index >= 15 is 0 Å². The number of carbonyl (C=O) groups excluding carboxylic acids is 1. The normalized spacial score (nSPS) is 23.1. The van der Waals surface area contributed by atoms with Gasteiger partial charge in [-0.25, -0.2) is 0 Å². The van der Waals surface area contributed by atoms with Crippen molar-refractivity contribution in [2.75, 3.05) is 12.3 Å². The van der Waals surface area contributed by atoms with Gasteiger partial charge in [-0.2, -0.15) is 11.8 Å². The van der Waals surface area contributed by atoms with Gasteiger partial charge in [0.1, 0.15) is 0 Å². The molecule has 0 radical (unpaired) electrons. The van der Waals surface area contributed by atoms with Crippen LogP contribution < -0.4 is 5.32 Å². The Morgan fingerprint density at radius 2 is 2.64 bits per heavy atom. The van der Waals surface area contributed by atoms with Gasteiger partial charge in [0.25, 0.3) is 0 Å². The van der Waals surface area contributed by atoms with Crippen LogP contribution in [0.3, 0.4) is 0 Å². The van der Waals surface area contributed by atoms with Crippen LogP contribution in [0, 0.1) is 0 Å². The summed E-state index contributed by atoms with van der Waals surface area (Å²) >= 11 is 1.95. The smallest absolute Gasteiger partial charge is 0.243 e. The van der Waals surface area contributed by atoms with Crippen LogP contribution in [0.25, 0.3) is 0 Å². The zero-order valence-corrected chi connectivity index (χ0v) is 7.32. The molecule has 1 unspecified atom stereocenters. The molecule has 1 atom stereocenters. The molecule has 3 heteroatoms. The largest absolute Gasteiger partial charge is 0.351 e. The van der Waals surface area contributed by atoms with E-state index in [-0.39, 0.29) is 5.91 Å². The first kappa shape index (κ1) is 8.65. The molecule has 1 aliphatic heterocycles. The zero-order chi connectivity index (χ0) is 8.10. The molecule has 0 saturated carbocycles. The van der Waals surface area contributed by atoms with Crippen molar-refractivity contribution in [2.45, 2.75) is 18.1 Å². The minimum atomic E-state index is -0.0579. The van der Waals surface area contributed by atoms with Crippen LogP contribution in [-0.2, 0) is 4.79 Å². The summed E-state index contributed by atoms with van der Waals surface area (Å²) in [7, 11) is 0. The fourth-order valence-electron chi connectivity index (χ4n) is 1.09. The van der Waals surface area contributed by atoms with Crippen molar-refractivity contribution < 1.29 is 4.79 Å². The van der Waals surface area contributed by atoms with Gasteiger partial charge in [0.15, 0.2) is 0 Å². The third-order valence-corrected chi connectivity index (χ3v) is 3.11. The maximum atomic E-state index is 10.7. The second-order valence-electron chi connectivity index (χ2n) is 2.58. The highest BCUT2D eigenvalue weighted by Gasteiger charge is 2.15. The van der Waals surface area contributed by atoms with Crippen molar-refractivity contribution in [3.05, 3.63) is 12.7 Å². The highest BCUT2D eigenvalue weighted by atomic mass is 32.2. The molecular formula is C8H13NOS. The number of nitrogens with one attached hydrogen (secondary N) is 1. The monoisotopic (exact) mass is 171 g/mol. The van der Waals surface area contributed by atoms with Crippen molar-refractivity contribution in [3.63, 3.8) is 0 Å². The highest BCUT2D eigenvalue weighted by molar-refractivity contribution is 8.00. The molecule has 0 aliphatic carbocycles. The Hall–Kier alpha value is -0.440. The number of hydrogen-bond acceptors (Lipinski definition) is 2. The SMILES string of the molecule is C=CC(=O)NCC1CCCS1. The molecule has 0 bridgehead atoms. The summed E-state index contributed by atoms with van der Waals surface area (Å²) in [5.41, 5.74) is 0. The summed E-state index contributed by atoms with van der Waals surface area (Å²) in [6.07, 6.45) is 3.85. The average Bonchev–Trinajstić information content (AvgIpc) is 2.52. The Kier molecular flexibility index (Phi) is 3.49. The number of hydrogen-bond donors (Lipinski definition) is 1. The third-order valence-electron chi connectivity index (χ3n) is 1.71. The molecule has 1 fully saturated rings. The van der Waals surface area contributed by atoms with Crippen LogP contribution in [0.5, 0.6) is 0 Å². The van der Waals surface area contributed by atoms with Gasteiger partial charge in [-0.05, 0) is 24.7 Å². The van der Waals surface area contributed by atoms with Gasteiger partial charge < -0.3 is 5.32 Å². The predicted molar refractivity (Wildman–Crippen MR) is 48.7 cm³/mol. The van der Waals surface area contributed by atoms with Gasteiger partial charge >= 0.3 is 0 Å². The fraction of sp³-hybridized carbons (Fsp3) is 0.625. The number of amides is 1. The Balaban J connectivity index is 2.10. The van der Waals surface area contributed by atoms with Crippen molar-refractivity contribution in [2.24, 2.45) is 0 Å². The lowest BCUT2D eigenvalue weighted by molar-refractivity contribution is -0.116. The molecule has 11 heavy (non-hydrogen) atoms.